The van der Waals surface area contributed by atoms with Gasteiger partial charge < -0.3 is 10.4 Å². The summed E-state index contributed by atoms with van der Waals surface area (Å²) < 4.78 is 12.8. The van der Waals surface area contributed by atoms with Crippen LogP contribution in [0.2, 0.25) is 0 Å². The Morgan fingerprint density at radius 3 is 2.75 bits per heavy atom. The van der Waals surface area contributed by atoms with Crippen molar-refractivity contribution >= 4 is 5.91 Å². The lowest BCUT2D eigenvalue weighted by Crippen LogP contribution is -2.41. The van der Waals surface area contributed by atoms with Gasteiger partial charge in [0.15, 0.2) is 0 Å². The first-order chi connectivity index (χ1) is 7.54. The van der Waals surface area contributed by atoms with Crippen molar-refractivity contribution in [1.29, 1.82) is 0 Å². The van der Waals surface area contributed by atoms with E-state index in [-0.39, 0.29) is 24.3 Å². The molecule has 0 fully saturated rings. The maximum absolute atomic E-state index is 12.8. The van der Waals surface area contributed by atoms with Crippen molar-refractivity contribution in [2.75, 3.05) is 6.61 Å². The third-order valence-electron chi connectivity index (χ3n) is 2.27. The number of aliphatic hydroxyl groups excluding tert-OH is 1. The highest BCUT2D eigenvalue weighted by atomic mass is 19.1. The monoisotopic (exact) mass is 226 g/mol. The van der Waals surface area contributed by atoms with E-state index in [0.717, 1.165) is 0 Å². The molecule has 0 radical (unpaired) electrons. The second-order valence-corrected chi connectivity index (χ2v) is 3.85. The van der Waals surface area contributed by atoms with Gasteiger partial charge in [0.2, 0.25) is 5.95 Å². The van der Waals surface area contributed by atoms with Crippen molar-refractivity contribution < 1.29 is 14.3 Å². The Balaban J connectivity index is 2.72. The number of nitrogens with zero attached hydrogens (tertiary/aromatic N) is 1. The molecule has 1 heterocycles. The van der Waals surface area contributed by atoms with Crippen LogP contribution in [0.5, 0.6) is 0 Å². The number of halogens is 1. The molecule has 4 nitrogen and oxygen atoms in total. The number of carbonyl (C=O) groups excluding carboxylic acids is 1. The van der Waals surface area contributed by atoms with Crippen LogP contribution in [0, 0.1) is 11.9 Å². The molecule has 1 aromatic rings. The fourth-order valence-electron chi connectivity index (χ4n) is 1.20. The van der Waals surface area contributed by atoms with E-state index < -0.39 is 11.9 Å². The highest BCUT2D eigenvalue weighted by Crippen LogP contribution is 2.03. The molecule has 0 spiro atoms. The Morgan fingerprint density at radius 2 is 2.25 bits per heavy atom. The van der Waals surface area contributed by atoms with E-state index in [9.17, 15) is 9.18 Å². The maximum Gasteiger partial charge on any atom is 0.270 e. The average Bonchev–Trinajstić information content (AvgIpc) is 2.25. The van der Waals surface area contributed by atoms with Crippen molar-refractivity contribution in [2.45, 2.75) is 19.9 Å². The summed E-state index contributed by atoms with van der Waals surface area (Å²) in [7, 11) is 0. The Hall–Kier alpha value is -1.49. The SMILES string of the molecule is CC(C)C(CO)NC(=O)c1cccc(F)n1. The molecule has 0 aromatic carbocycles. The lowest BCUT2D eigenvalue weighted by molar-refractivity contribution is 0.0890. The Labute approximate surface area is 93.5 Å². The van der Waals surface area contributed by atoms with Gasteiger partial charge in [0.05, 0.1) is 12.6 Å². The molecule has 88 valence electrons. The fraction of sp³-hybridized carbons (Fsp3) is 0.455. The van der Waals surface area contributed by atoms with Gasteiger partial charge in [0, 0.05) is 0 Å². The van der Waals surface area contributed by atoms with Crippen molar-refractivity contribution in [2.24, 2.45) is 5.92 Å². The third kappa shape index (κ3) is 3.27. The van der Waals surface area contributed by atoms with Gasteiger partial charge in [-0.25, -0.2) is 4.98 Å². The first-order valence-electron chi connectivity index (χ1n) is 5.09. The summed E-state index contributed by atoms with van der Waals surface area (Å²) in [6, 6.07) is 3.66. The zero-order valence-electron chi connectivity index (χ0n) is 9.27. The first-order valence-corrected chi connectivity index (χ1v) is 5.09. The van der Waals surface area contributed by atoms with Gasteiger partial charge in [-0.15, -0.1) is 0 Å². The molecule has 1 aromatic heterocycles. The van der Waals surface area contributed by atoms with E-state index in [0.29, 0.717) is 0 Å². The number of hydrogen-bond acceptors (Lipinski definition) is 3. The minimum absolute atomic E-state index is 0.0131. The van der Waals surface area contributed by atoms with Crippen LogP contribution >= 0.6 is 0 Å². The van der Waals surface area contributed by atoms with Crippen LogP contribution in [-0.2, 0) is 0 Å². The minimum atomic E-state index is -0.697. The molecule has 1 rings (SSSR count). The number of pyridine rings is 1. The van der Waals surface area contributed by atoms with Gasteiger partial charge >= 0.3 is 0 Å². The molecule has 0 aliphatic rings. The quantitative estimate of drug-likeness (QED) is 0.752. The maximum atomic E-state index is 12.8. The van der Waals surface area contributed by atoms with Gasteiger partial charge in [-0.1, -0.05) is 19.9 Å². The summed E-state index contributed by atoms with van der Waals surface area (Å²) >= 11 is 0. The number of rotatable bonds is 4. The number of amides is 1. The predicted molar refractivity (Wildman–Crippen MR) is 57.4 cm³/mol. The summed E-state index contributed by atoms with van der Waals surface area (Å²) in [5.74, 6) is -1.08. The van der Waals surface area contributed by atoms with E-state index in [1.165, 1.54) is 18.2 Å². The van der Waals surface area contributed by atoms with Crippen molar-refractivity contribution in [3.63, 3.8) is 0 Å². The summed E-state index contributed by atoms with van der Waals surface area (Å²) in [6.45, 7) is 3.60. The van der Waals surface area contributed by atoms with Gasteiger partial charge in [0.25, 0.3) is 5.91 Å². The highest BCUT2D eigenvalue weighted by molar-refractivity contribution is 5.92. The number of nitrogens with one attached hydrogen (secondary N) is 1. The zero-order valence-corrected chi connectivity index (χ0v) is 9.27. The van der Waals surface area contributed by atoms with E-state index >= 15 is 0 Å². The molecule has 0 saturated carbocycles. The second-order valence-electron chi connectivity index (χ2n) is 3.85. The molecular formula is C11H15FN2O2. The number of carbonyl (C=O) groups is 1. The van der Waals surface area contributed by atoms with Crippen molar-refractivity contribution in [3.05, 3.63) is 29.8 Å². The van der Waals surface area contributed by atoms with Crippen LogP contribution < -0.4 is 5.32 Å². The van der Waals surface area contributed by atoms with Gasteiger partial charge in [-0.05, 0) is 18.1 Å². The largest absolute Gasteiger partial charge is 0.394 e. The number of aliphatic hydroxyl groups is 1. The number of hydrogen-bond donors (Lipinski definition) is 2. The lowest BCUT2D eigenvalue weighted by Gasteiger charge is -2.19. The Bertz CT molecular complexity index is 369. The Kier molecular flexibility index (Phi) is 4.37. The molecular weight excluding hydrogens is 211 g/mol. The van der Waals surface area contributed by atoms with Crippen LogP contribution in [0.4, 0.5) is 4.39 Å². The molecule has 1 unspecified atom stereocenters. The average molecular weight is 226 g/mol. The van der Waals surface area contributed by atoms with Crippen LogP contribution in [0.25, 0.3) is 0 Å². The van der Waals surface area contributed by atoms with Gasteiger partial charge in [0.1, 0.15) is 5.69 Å². The third-order valence-corrected chi connectivity index (χ3v) is 2.27. The molecule has 2 N–H and O–H groups in total. The van der Waals surface area contributed by atoms with Crippen LogP contribution in [0.1, 0.15) is 24.3 Å². The molecule has 0 saturated heterocycles. The summed E-state index contributed by atoms with van der Waals surface area (Å²) in [5.41, 5.74) is 0.0131. The van der Waals surface area contributed by atoms with Crippen molar-refractivity contribution in [3.8, 4) is 0 Å². The predicted octanol–water partition coefficient (Wildman–Crippen LogP) is 0.967. The highest BCUT2D eigenvalue weighted by Gasteiger charge is 2.17. The van der Waals surface area contributed by atoms with E-state index in [1.807, 2.05) is 13.8 Å². The van der Waals surface area contributed by atoms with E-state index in [2.05, 4.69) is 10.3 Å². The molecule has 0 bridgehead atoms. The van der Waals surface area contributed by atoms with Crippen LogP contribution in [0.15, 0.2) is 18.2 Å². The summed E-state index contributed by atoms with van der Waals surface area (Å²) in [4.78, 5) is 15.1. The molecule has 0 aliphatic heterocycles. The van der Waals surface area contributed by atoms with Crippen molar-refractivity contribution in [1.82, 2.24) is 10.3 Å². The minimum Gasteiger partial charge on any atom is -0.394 e. The standard InChI is InChI=1S/C11H15FN2O2/c1-7(2)9(6-15)14-11(16)8-4-3-5-10(12)13-8/h3-5,7,9,15H,6H2,1-2H3,(H,14,16). The Morgan fingerprint density at radius 1 is 1.56 bits per heavy atom. The summed E-state index contributed by atoms with van der Waals surface area (Å²) in [5, 5.41) is 11.6. The molecule has 1 amide bonds. The molecule has 1 atom stereocenters. The van der Waals surface area contributed by atoms with Gasteiger partial charge in [-0.3, -0.25) is 4.79 Å². The van der Waals surface area contributed by atoms with Crippen LogP contribution in [0.3, 0.4) is 0 Å². The summed E-state index contributed by atoms with van der Waals surface area (Å²) in [6.07, 6.45) is 0. The lowest BCUT2D eigenvalue weighted by atomic mass is 10.1. The normalized spacial score (nSPS) is 12.6. The van der Waals surface area contributed by atoms with E-state index in [1.54, 1.807) is 0 Å². The zero-order chi connectivity index (χ0) is 12.1. The van der Waals surface area contributed by atoms with E-state index in [4.69, 9.17) is 5.11 Å². The molecule has 0 aliphatic carbocycles. The topological polar surface area (TPSA) is 62.2 Å². The molecule has 5 heteroatoms. The molecule has 16 heavy (non-hydrogen) atoms. The smallest absolute Gasteiger partial charge is 0.270 e. The van der Waals surface area contributed by atoms with Gasteiger partial charge in [-0.2, -0.15) is 4.39 Å². The van der Waals surface area contributed by atoms with Crippen LogP contribution in [-0.4, -0.2) is 28.6 Å². The number of aromatic nitrogens is 1. The second kappa shape index (κ2) is 5.55. The fourth-order valence-corrected chi connectivity index (χ4v) is 1.20. The first kappa shape index (κ1) is 12.6.